The highest BCUT2D eigenvalue weighted by molar-refractivity contribution is 6.21. The number of unbranched alkanes of at least 4 members (excludes halogenated alkanes) is 4. The van der Waals surface area contributed by atoms with E-state index in [1.165, 1.54) is 43.8 Å². The number of nitrogens with zero attached hydrogens (tertiary/aromatic N) is 2. The van der Waals surface area contributed by atoms with Crippen LogP contribution < -0.4 is 5.32 Å². The summed E-state index contributed by atoms with van der Waals surface area (Å²) < 4.78 is 0. The van der Waals surface area contributed by atoms with Crippen molar-refractivity contribution in [2.45, 2.75) is 32.1 Å². The molecule has 2 aliphatic heterocycles. The molecule has 0 radical (unpaired) electrons. The number of amides is 2. The van der Waals surface area contributed by atoms with Crippen molar-refractivity contribution in [3.8, 4) is 0 Å². The lowest BCUT2D eigenvalue weighted by Gasteiger charge is -2.27. The average Bonchev–Trinajstić information content (AvgIpc) is 2.87. The van der Waals surface area contributed by atoms with Crippen molar-refractivity contribution in [1.82, 2.24) is 15.1 Å². The first-order valence-electron chi connectivity index (χ1n) is 9.15. The quantitative estimate of drug-likeness (QED) is 0.586. The average molecular weight is 329 g/mol. The van der Waals surface area contributed by atoms with E-state index in [0.29, 0.717) is 17.7 Å². The maximum Gasteiger partial charge on any atom is 0.261 e. The van der Waals surface area contributed by atoms with Crippen LogP contribution in [0.5, 0.6) is 0 Å². The summed E-state index contributed by atoms with van der Waals surface area (Å²) in [6.07, 6.45) is 5.63. The van der Waals surface area contributed by atoms with Gasteiger partial charge in [0.15, 0.2) is 0 Å². The molecule has 1 N–H and O–H groups in total. The number of carbonyl (C=O) groups is 2. The number of imide groups is 1. The lowest BCUT2D eigenvalue weighted by Crippen LogP contribution is -2.43. The molecule has 0 saturated carbocycles. The van der Waals surface area contributed by atoms with E-state index in [-0.39, 0.29) is 11.8 Å². The van der Waals surface area contributed by atoms with Gasteiger partial charge in [0.1, 0.15) is 0 Å². The third-order valence-electron chi connectivity index (χ3n) is 4.94. The predicted octanol–water partition coefficient (Wildman–Crippen LogP) is 2.14. The third-order valence-corrected chi connectivity index (χ3v) is 4.94. The second-order valence-electron chi connectivity index (χ2n) is 6.67. The minimum atomic E-state index is -0.130. The molecule has 5 nitrogen and oxygen atoms in total. The fraction of sp³-hybridized carbons (Fsp3) is 0.579. The van der Waals surface area contributed by atoms with E-state index in [2.05, 4.69) is 10.2 Å². The Bertz CT molecular complexity index is 547. The fourth-order valence-electron chi connectivity index (χ4n) is 3.51. The zero-order chi connectivity index (χ0) is 16.8. The van der Waals surface area contributed by atoms with Crippen LogP contribution in [0.1, 0.15) is 52.8 Å². The first kappa shape index (κ1) is 17.1. The molecule has 5 heteroatoms. The van der Waals surface area contributed by atoms with E-state index in [9.17, 15) is 9.59 Å². The van der Waals surface area contributed by atoms with Gasteiger partial charge in [0.2, 0.25) is 0 Å². The number of piperazine rings is 1. The molecule has 1 fully saturated rings. The molecule has 1 saturated heterocycles. The lowest BCUT2D eigenvalue weighted by atomic mass is 10.1. The molecule has 0 bridgehead atoms. The van der Waals surface area contributed by atoms with Crippen LogP contribution >= 0.6 is 0 Å². The SMILES string of the molecule is O=C1c2ccccc2C(=O)N1CCCCCCCN1CCNCC1. The minimum Gasteiger partial charge on any atom is -0.314 e. The highest BCUT2D eigenvalue weighted by Gasteiger charge is 2.34. The molecule has 3 rings (SSSR count). The Morgan fingerprint density at radius 3 is 1.96 bits per heavy atom. The van der Waals surface area contributed by atoms with Gasteiger partial charge in [-0.05, 0) is 31.5 Å². The fourth-order valence-corrected chi connectivity index (χ4v) is 3.51. The summed E-state index contributed by atoms with van der Waals surface area (Å²) in [4.78, 5) is 28.4. The maximum atomic E-state index is 12.2. The van der Waals surface area contributed by atoms with Gasteiger partial charge in [-0.15, -0.1) is 0 Å². The number of hydrogen-bond donors (Lipinski definition) is 1. The van der Waals surface area contributed by atoms with Gasteiger partial charge in [-0.25, -0.2) is 0 Å². The topological polar surface area (TPSA) is 52.7 Å². The molecule has 0 unspecified atom stereocenters. The Hall–Kier alpha value is -1.72. The van der Waals surface area contributed by atoms with Crippen LogP contribution in [-0.2, 0) is 0 Å². The lowest BCUT2D eigenvalue weighted by molar-refractivity contribution is 0.0651. The minimum absolute atomic E-state index is 0.130. The molecule has 0 atom stereocenters. The van der Waals surface area contributed by atoms with Gasteiger partial charge in [0.25, 0.3) is 11.8 Å². The molecule has 2 heterocycles. The largest absolute Gasteiger partial charge is 0.314 e. The van der Waals surface area contributed by atoms with Gasteiger partial charge in [-0.3, -0.25) is 14.5 Å². The van der Waals surface area contributed by atoms with Crippen molar-refractivity contribution in [3.63, 3.8) is 0 Å². The summed E-state index contributed by atoms with van der Waals surface area (Å²) >= 11 is 0. The second-order valence-corrected chi connectivity index (χ2v) is 6.67. The number of benzene rings is 1. The third kappa shape index (κ3) is 4.02. The van der Waals surface area contributed by atoms with Crippen LogP contribution in [-0.4, -0.2) is 60.9 Å². The zero-order valence-corrected chi connectivity index (χ0v) is 14.3. The maximum absolute atomic E-state index is 12.2. The number of nitrogens with one attached hydrogen (secondary N) is 1. The van der Waals surface area contributed by atoms with Crippen LogP contribution in [0.4, 0.5) is 0 Å². The van der Waals surface area contributed by atoms with Gasteiger partial charge >= 0.3 is 0 Å². The monoisotopic (exact) mass is 329 g/mol. The number of carbonyl (C=O) groups excluding carboxylic acids is 2. The van der Waals surface area contributed by atoms with E-state index in [0.717, 1.165) is 25.9 Å². The molecule has 24 heavy (non-hydrogen) atoms. The Kier molecular flexibility index (Phi) is 5.99. The molecule has 0 spiro atoms. The summed E-state index contributed by atoms with van der Waals surface area (Å²) in [5.41, 5.74) is 1.11. The first-order chi connectivity index (χ1) is 11.8. The standard InChI is InChI=1S/C19H27N3O2/c23-18-16-8-4-5-9-17(16)19(24)22(18)13-7-3-1-2-6-12-21-14-10-20-11-15-21/h4-5,8-9,20H,1-3,6-7,10-15H2. The summed E-state index contributed by atoms with van der Waals surface area (Å²) in [7, 11) is 0. The highest BCUT2D eigenvalue weighted by atomic mass is 16.2. The molecule has 2 amide bonds. The van der Waals surface area contributed by atoms with E-state index in [1.54, 1.807) is 12.1 Å². The van der Waals surface area contributed by atoms with E-state index in [4.69, 9.17) is 0 Å². The number of fused-ring (bicyclic) bond motifs is 1. The van der Waals surface area contributed by atoms with E-state index in [1.807, 2.05) is 12.1 Å². The van der Waals surface area contributed by atoms with Crippen molar-refractivity contribution >= 4 is 11.8 Å². The molecular weight excluding hydrogens is 302 g/mol. The summed E-state index contributed by atoms with van der Waals surface area (Å²) in [5, 5.41) is 3.37. The Morgan fingerprint density at radius 1 is 0.792 bits per heavy atom. The number of hydrogen-bond acceptors (Lipinski definition) is 4. The first-order valence-corrected chi connectivity index (χ1v) is 9.15. The summed E-state index contributed by atoms with van der Waals surface area (Å²) in [5.74, 6) is -0.261. The molecule has 0 aromatic heterocycles. The molecule has 0 aliphatic carbocycles. The zero-order valence-electron chi connectivity index (χ0n) is 14.3. The van der Waals surface area contributed by atoms with Gasteiger partial charge in [0.05, 0.1) is 11.1 Å². The molecule has 2 aliphatic rings. The van der Waals surface area contributed by atoms with Crippen molar-refractivity contribution < 1.29 is 9.59 Å². The van der Waals surface area contributed by atoms with Crippen LogP contribution in [0.2, 0.25) is 0 Å². The second kappa shape index (κ2) is 8.40. The van der Waals surface area contributed by atoms with E-state index < -0.39 is 0 Å². The predicted molar refractivity (Wildman–Crippen MR) is 94.2 cm³/mol. The Morgan fingerprint density at radius 2 is 1.33 bits per heavy atom. The van der Waals surface area contributed by atoms with Gasteiger partial charge in [0, 0.05) is 32.7 Å². The van der Waals surface area contributed by atoms with Gasteiger partial charge < -0.3 is 10.2 Å². The van der Waals surface area contributed by atoms with Crippen LogP contribution in [0.3, 0.4) is 0 Å². The highest BCUT2D eigenvalue weighted by Crippen LogP contribution is 2.22. The normalized spacial score (nSPS) is 18.2. The van der Waals surface area contributed by atoms with E-state index >= 15 is 0 Å². The number of rotatable bonds is 8. The molecule has 1 aromatic carbocycles. The van der Waals surface area contributed by atoms with Crippen LogP contribution in [0, 0.1) is 0 Å². The van der Waals surface area contributed by atoms with Crippen LogP contribution in [0.15, 0.2) is 24.3 Å². The Balaban J connectivity index is 1.30. The molecule has 1 aromatic rings. The van der Waals surface area contributed by atoms with Crippen molar-refractivity contribution in [2.75, 3.05) is 39.3 Å². The molecular formula is C19H27N3O2. The molecule has 130 valence electrons. The summed E-state index contributed by atoms with van der Waals surface area (Å²) in [6.45, 7) is 6.30. The van der Waals surface area contributed by atoms with Crippen molar-refractivity contribution in [1.29, 1.82) is 0 Å². The summed E-state index contributed by atoms with van der Waals surface area (Å²) in [6, 6.07) is 7.11. The van der Waals surface area contributed by atoms with Crippen molar-refractivity contribution in [3.05, 3.63) is 35.4 Å². The smallest absolute Gasteiger partial charge is 0.261 e. The van der Waals surface area contributed by atoms with Crippen LogP contribution in [0.25, 0.3) is 0 Å². The Labute approximate surface area is 144 Å². The van der Waals surface area contributed by atoms with Crippen molar-refractivity contribution in [2.24, 2.45) is 0 Å². The van der Waals surface area contributed by atoms with Gasteiger partial charge in [-0.2, -0.15) is 0 Å². The van der Waals surface area contributed by atoms with Gasteiger partial charge in [-0.1, -0.05) is 31.4 Å².